The molecule has 0 atom stereocenters. The van der Waals surface area contributed by atoms with E-state index in [1.165, 1.54) is 17.7 Å². The van der Waals surface area contributed by atoms with Gasteiger partial charge in [0, 0.05) is 30.8 Å². The molecule has 2 aromatic carbocycles. The molecule has 3 rings (SSSR count). The Balaban J connectivity index is 1.61. The van der Waals surface area contributed by atoms with Gasteiger partial charge in [-0.25, -0.2) is 4.39 Å². The molecule has 0 aliphatic carbocycles. The van der Waals surface area contributed by atoms with Crippen LogP contribution in [-0.2, 0) is 13.1 Å². The van der Waals surface area contributed by atoms with Crippen LogP contribution in [0, 0.1) is 5.82 Å². The van der Waals surface area contributed by atoms with Gasteiger partial charge < -0.3 is 9.64 Å². The second kappa shape index (κ2) is 9.48. The predicted molar refractivity (Wildman–Crippen MR) is 110 cm³/mol. The molecule has 28 heavy (non-hydrogen) atoms. The molecule has 0 saturated carbocycles. The number of aromatic nitrogens is 2. The minimum atomic E-state index is -0.241. The molecule has 148 valence electrons. The first kappa shape index (κ1) is 20.0. The molecule has 0 fully saturated rings. The Labute approximate surface area is 165 Å². The van der Waals surface area contributed by atoms with Crippen molar-refractivity contribution in [2.45, 2.75) is 13.1 Å². The first-order valence-electron chi connectivity index (χ1n) is 9.34. The van der Waals surface area contributed by atoms with Crippen molar-refractivity contribution in [2.24, 2.45) is 0 Å². The van der Waals surface area contributed by atoms with Crippen LogP contribution < -0.4 is 4.74 Å². The number of halogens is 1. The van der Waals surface area contributed by atoms with Crippen LogP contribution in [0.3, 0.4) is 0 Å². The molecule has 1 aromatic heterocycles. The molecule has 5 nitrogen and oxygen atoms in total. The maximum absolute atomic E-state index is 13.2. The van der Waals surface area contributed by atoms with Crippen molar-refractivity contribution in [3.05, 3.63) is 71.7 Å². The van der Waals surface area contributed by atoms with Gasteiger partial charge in [-0.05, 0) is 63.1 Å². The summed E-state index contributed by atoms with van der Waals surface area (Å²) in [4.78, 5) is 4.32. The zero-order valence-corrected chi connectivity index (χ0v) is 16.7. The second-order valence-corrected chi connectivity index (χ2v) is 7.25. The first-order chi connectivity index (χ1) is 13.5. The summed E-state index contributed by atoms with van der Waals surface area (Å²) in [6.07, 6.45) is 1.83. The summed E-state index contributed by atoms with van der Waals surface area (Å²) in [5.41, 5.74) is 4.12. The summed E-state index contributed by atoms with van der Waals surface area (Å²) in [6.45, 7) is 3.08. The SMILES string of the molecule is CN(C)CCOc1cccc(CN(C)Cc2cn[nH]c2-c2ccc(F)cc2)c1. The van der Waals surface area contributed by atoms with E-state index in [1.807, 2.05) is 32.4 Å². The van der Waals surface area contributed by atoms with Gasteiger partial charge in [0.05, 0.1) is 11.9 Å². The lowest BCUT2D eigenvalue weighted by Crippen LogP contribution is -2.19. The summed E-state index contributed by atoms with van der Waals surface area (Å²) < 4.78 is 19.0. The molecule has 6 heteroatoms. The van der Waals surface area contributed by atoms with E-state index in [0.29, 0.717) is 6.61 Å². The largest absolute Gasteiger partial charge is 0.492 e. The molecule has 0 aliphatic heterocycles. The molecule has 1 N–H and O–H groups in total. The van der Waals surface area contributed by atoms with Gasteiger partial charge >= 0.3 is 0 Å². The van der Waals surface area contributed by atoms with Crippen LogP contribution in [0.25, 0.3) is 11.3 Å². The molecule has 0 spiro atoms. The molecule has 1 heterocycles. The summed E-state index contributed by atoms with van der Waals surface area (Å²) in [5.74, 6) is 0.651. The maximum atomic E-state index is 13.2. The Morgan fingerprint density at radius 2 is 1.82 bits per heavy atom. The highest BCUT2D eigenvalue weighted by Crippen LogP contribution is 2.23. The molecule has 0 saturated heterocycles. The van der Waals surface area contributed by atoms with Crippen molar-refractivity contribution in [1.82, 2.24) is 20.0 Å². The highest BCUT2D eigenvalue weighted by molar-refractivity contribution is 5.62. The Hall–Kier alpha value is -2.70. The molecule has 0 radical (unpaired) electrons. The number of hydrogen-bond acceptors (Lipinski definition) is 4. The van der Waals surface area contributed by atoms with Crippen molar-refractivity contribution in [3.63, 3.8) is 0 Å². The van der Waals surface area contributed by atoms with E-state index in [0.717, 1.165) is 42.2 Å². The van der Waals surface area contributed by atoms with Crippen LogP contribution in [0.1, 0.15) is 11.1 Å². The van der Waals surface area contributed by atoms with E-state index in [-0.39, 0.29) is 5.82 Å². The zero-order chi connectivity index (χ0) is 19.9. The van der Waals surface area contributed by atoms with Gasteiger partial charge in [-0.1, -0.05) is 12.1 Å². The lowest BCUT2D eigenvalue weighted by Gasteiger charge is -2.18. The van der Waals surface area contributed by atoms with Crippen molar-refractivity contribution in [1.29, 1.82) is 0 Å². The molecular weight excluding hydrogens is 355 g/mol. The number of aromatic amines is 1. The normalized spacial score (nSPS) is 11.4. The molecule has 3 aromatic rings. The molecule has 0 amide bonds. The Morgan fingerprint density at radius 3 is 2.57 bits per heavy atom. The molecule has 0 bridgehead atoms. The minimum absolute atomic E-state index is 0.241. The Kier molecular flexibility index (Phi) is 6.79. The average Bonchev–Trinajstić information content (AvgIpc) is 3.10. The number of likely N-dealkylation sites (N-methyl/N-ethyl adjacent to an activating group) is 1. The summed E-state index contributed by atoms with van der Waals surface area (Å²) >= 11 is 0. The third kappa shape index (κ3) is 5.65. The van der Waals surface area contributed by atoms with E-state index in [2.05, 4.69) is 39.2 Å². The lowest BCUT2D eigenvalue weighted by molar-refractivity contribution is 0.260. The maximum Gasteiger partial charge on any atom is 0.123 e. The highest BCUT2D eigenvalue weighted by Gasteiger charge is 2.11. The fourth-order valence-electron chi connectivity index (χ4n) is 3.04. The number of ether oxygens (including phenoxy) is 1. The highest BCUT2D eigenvalue weighted by atomic mass is 19.1. The molecular formula is C22H27FN4O. The quantitative estimate of drug-likeness (QED) is 0.612. The van der Waals surface area contributed by atoms with E-state index < -0.39 is 0 Å². The Bertz CT molecular complexity index is 876. The van der Waals surface area contributed by atoms with Gasteiger partial charge in [0.25, 0.3) is 0 Å². The van der Waals surface area contributed by atoms with Crippen LogP contribution >= 0.6 is 0 Å². The molecule has 0 unspecified atom stereocenters. The van der Waals surface area contributed by atoms with Gasteiger partial charge in [0.1, 0.15) is 18.2 Å². The number of rotatable bonds is 9. The standard InChI is InChI=1S/C22H27FN4O/c1-26(2)11-12-28-21-6-4-5-17(13-21)15-27(3)16-19-14-24-25-22(19)18-7-9-20(23)10-8-18/h4-10,13-14H,11-12,15-16H2,1-3H3,(H,24,25). The van der Waals surface area contributed by atoms with Gasteiger partial charge in [-0.15, -0.1) is 0 Å². The van der Waals surface area contributed by atoms with Gasteiger partial charge in [0.15, 0.2) is 0 Å². The fourth-order valence-corrected chi connectivity index (χ4v) is 3.04. The minimum Gasteiger partial charge on any atom is -0.492 e. The first-order valence-corrected chi connectivity index (χ1v) is 9.34. The number of hydrogen-bond donors (Lipinski definition) is 1. The van der Waals surface area contributed by atoms with E-state index in [4.69, 9.17) is 4.74 Å². The molecule has 0 aliphatic rings. The number of nitrogens with zero attached hydrogens (tertiary/aromatic N) is 3. The van der Waals surface area contributed by atoms with Crippen LogP contribution in [0.4, 0.5) is 4.39 Å². The third-order valence-electron chi connectivity index (χ3n) is 4.45. The van der Waals surface area contributed by atoms with Crippen molar-refractivity contribution < 1.29 is 9.13 Å². The van der Waals surface area contributed by atoms with Crippen LogP contribution in [-0.4, -0.2) is 54.3 Å². The summed E-state index contributed by atoms with van der Waals surface area (Å²) in [5, 5.41) is 7.20. The summed E-state index contributed by atoms with van der Waals surface area (Å²) in [7, 11) is 6.14. The third-order valence-corrected chi connectivity index (χ3v) is 4.45. The van der Waals surface area contributed by atoms with Gasteiger partial charge in [0.2, 0.25) is 0 Å². The lowest BCUT2D eigenvalue weighted by atomic mass is 10.1. The van der Waals surface area contributed by atoms with Crippen molar-refractivity contribution in [3.8, 4) is 17.0 Å². The van der Waals surface area contributed by atoms with E-state index >= 15 is 0 Å². The van der Waals surface area contributed by atoms with Crippen molar-refractivity contribution >= 4 is 0 Å². The topological polar surface area (TPSA) is 44.4 Å². The van der Waals surface area contributed by atoms with Gasteiger partial charge in [-0.2, -0.15) is 5.10 Å². The average molecular weight is 382 g/mol. The van der Waals surface area contributed by atoms with Crippen molar-refractivity contribution in [2.75, 3.05) is 34.3 Å². The van der Waals surface area contributed by atoms with Crippen LogP contribution in [0.15, 0.2) is 54.7 Å². The Morgan fingerprint density at radius 1 is 1.04 bits per heavy atom. The van der Waals surface area contributed by atoms with Gasteiger partial charge in [-0.3, -0.25) is 10.00 Å². The second-order valence-electron chi connectivity index (χ2n) is 7.25. The van der Waals surface area contributed by atoms with Crippen LogP contribution in [0.2, 0.25) is 0 Å². The number of H-pyrrole nitrogens is 1. The van der Waals surface area contributed by atoms with Crippen LogP contribution in [0.5, 0.6) is 5.75 Å². The zero-order valence-electron chi connectivity index (χ0n) is 16.7. The number of benzene rings is 2. The number of nitrogens with one attached hydrogen (secondary N) is 1. The van der Waals surface area contributed by atoms with E-state index in [9.17, 15) is 4.39 Å². The summed E-state index contributed by atoms with van der Waals surface area (Å²) in [6, 6.07) is 14.7. The monoisotopic (exact) mass is 382 g/mol. The van der Waals surface area contributed by atoms with E-state index in [1.54, 1.807) is 12.1 Å². The smallest absolute Gasteiger partial charge is 0.123 e. The predicted octanol–water partition coefficient (Wildman–Crippen LogP) is 3.79. The fraction of sp³-hybridized carbons (Fsp3) is 0.318.